The number of rotatable bonds is 7. The number of carbonyl (C=O) groups excluding carboxylic acids is 1. The SMILES string of the molecule is CNCCNC(=O)c1cc(S(=O)(=O)N2CCc3ccccc32)ccc1OC. The quantitative estimate of drug-likeness (QED) is 0.699. The molecule has 0 fully saturated rings. The van der Waals surface area contributed by atoms with Crippen LogP contribution in [0.25, 0.3) is 0 Å². The van der Waals surface area contributed by atoms with E-state index in [4.69, 9.17) is 4.74 Å². The van der Waals surface area contributed by atoms with Crippen LogP contribution in [0.5, 0.6) is 5.75 Å². The molecule has 1 aliphatic heterocycles. The molecule has 0 bridgehead atoms. The Morgan fingerprint density at radius 3 is 2.70 bits per heavy atom. The van der Waals surface area contributed by atoms with Gasteiger partial charge in [0.2, 0.25) is 0 Å². The number of carbonyl (C=O) groups is 1. The Morgan fingerprint density at radius 2 is 1.96 bits per heavy atom. The summed E-state index contributed by atoms with van der Waals surface area (Å²) < 4.78 is 33.0. The minimum Gasteiger partial charge on any atom is -0.496 e. The lowest BCUT2D eigenvalue weighted by Gasteiger charge is -2.20. The van der Waals surface area contributed by atoms with Crippen molar-refractivity contribution in [2.45, 2.75) is 11.3 Å². The van der Waals surface area contributed by atoms with Crippen LogP contribution in [0, 0.1) is 0 Å². The molecular formula is C19H23N3O4S. The Morgan fingerprint density at radius 1 is 1.19 bits per heavy atom. The van der Waals surface area contributed by atoms with Crippen LogP contribution in [-0.4, -0.2) is 48.1 Å². The highest BCUT2D eigenvalue weighted by Gasteiger charge is 2.31. The fourth-order valence-corrected chi connectivity index (χ4v) is 4.64. The molecule has 2 N–H and O–H groups in total. The average molecular weight is 389 g/mol. The highest BCUT2D eigenvalue weighted by molar-refractivity contribution is 7.92. The number of anilines is 1. The molecule has 0 aromatic heterocycles. The Bertz CT molecular complexity index is 944. The second-order valence-corrected chi connectivity index (χ2v) is 8.04. The number of para-hydroxylation sites is 1. The van der Waals surface area contributed by atoms with Crippen molar-refractivity contribution in [3.63, 3.8) is 0 Å². The Labute approximate surface area is 159 Å². The predicted octanol–water partition coefficient (Wildman–Crippen LogP) is 1.40. The van der Waals surface area contributed by atoms with Crippen molar-refractivity contribution in [3.05, 3.63) is 53.6 Å². The van der Waals surface area contributed by atoms with Crippen LogP contribution in [0.3, 0.4) is 0 Å². The summed E-state index contributed by atoms with van der Waals surface area (Å²) >= 11 is 0. The molecule has 2 aromatic rings. The van der Waals surface area contributed by atoms with Crippen molar-refractivity contribution in [2.24, 2.45) is 0 Å². The van der Waals surface area contributed by atoms with Crippen LogP contribution in [0.15, 0.2) is 47.4 Å². The third kappa shape index (κ3) is 3.77. The van der Waals surface area contributed by atoms with E-state index in [-0.39, 0.29) is 16.4 Å². The van der Waals surface area contributed by atoms with Gasteiger partial charge < -0.3 is 15.4 Å². The Kier molecular flexibility index (Phi) is 5.67. The lowest BCUT2D eigenvalue weighted by molar-refractivity contribution is 0.0951. The summed E-state index contributed by atoms with van der Waals surface area (Å²) in [5, 5.41) is 5.69. The first-order valence-corrected chi connectivity index (χ1v) is 10.1. The van der Waals surface area contributed by atoms with Gasteiger partial charge >= 0.3 is 0 Å². The van der Waals surface area contributed by atoms with E-state index in [1.807, 2.05) is 18.2 Å². The van der Waals surface area contributed by atoms with Gasteiger partial charge in [-0.05, 0) is 43.3 Å². The largest absolute Gasteiger partial charge is 0.496 e. The third-order valence-corrected chi connectivity index (χ3v) is 6.32. The smallest absolute Gasteiger partial charge is 0.264 e. The molecule has 1 heterocycles. The van der Waals surface area contributed by atoms with Crippen LogP contribution < -0.4 is 19.7 Å². The van der Waals surface area contributed by atoms with Gasteiger partial charge in [-0.1, -0.05) is 18.2 Å². The number of hydrogen-bond acceptors (Lipinski definition) is 5. The summed E-state index contributed by atoms with van der Waals surface area (Å²) in [6.07, 6.45) is 0.670. The fourth-order valence-electron chi connectivity index (χ4n) is 3.11. The maximum absolute atomic E-state index is 13.2. The molecule has 0 radical (unpaired) electrons. The molecule has 0 unspecified atom stereocenters. The number of nitrogens with one attached hydrogen (secondary N) is 2. The molecule has 8 heteroatoms. The second-order valence-electron chi connectivity index (χ2n) is 6.18. The van der Waals surface area contributed by atoms with Gasteiger partial charge in [-0.25, -0.2) is 8.42 Å². The zero-order valence-electron chi connectivity index (χ0n) is 15.4. The predicted molar refractivity (Wildman–Crippen MR) is 104 cm³/mol. The van der Waals surface area contributed by atoms with E-state index in [0.717, 1.165) is 5.56 Å². The summed E-state index contributed by atoms with van der Waals surface area (Å²) in [7, 11) is -0.538. The first-order valence-electron chi connectivity index (χ1n) is 8.70. The number of likely N-dealkylation sites (N-methyl/N-ethyl adjacent to an activating group) is 1. The molecular weight excluding hydrogens is 366 g/mol. The topological polar surface area (TPSA) is 87.7 Å². The van der Waals surface area contributed by atoms with Crippen molar-refractivity contribution in [2.75, 3.05) is 38.1 Å². The maximum atomic E-state index is 13.2. The number of nitrogens with zero attached hydrogens (tertiary/aromatic N) is 1. The van der Waals surface area contributed by atoms with Crippen molar-refractivity contribution >= 4 is 21.6 Å². The van der Waals surface area contributed by atoms with Gasteiger partial charge in [0.1, 0.15) is 5.75 Å². The Balaban J connectivity index is 1.95. The molecule has 2 aromatic carbocycles. The van der Waals surface area contributed by atoms with E-state index in [1.54, 1.807) is 13.1 Å². The molecule has 0 atom stereocenters. The zero-order chi connectivity index (χ0) is 19.4. The number of benzene rings is 2. The highest BCUT2D eigenvalue weighted by atomic mass is 32.2. The monoisotopic (exact) mass is 389 g/mol. The molecule has 0 aliphatic carbocycles. The van der Waals surface area contributed by atoms with Crippen molar-refractivity contribution < 1.29 is 17.9 Å². The number of sulfonamides is 1. The minimum absolute atomic E-state index is 0.0683. The van der Waals surface area contributed by atoms with E-state index in [2.05, 4.69) is 10.6 Å². The van der Waals surface area contributed by atoms with Gasteiger partial charge in [0.15, 0.2) is 0 Å². The van der Waals surface area contributed by atoms with Crippen LogP contribution >= 0.6 is 0 Å². The Hall–Kier alpha value is -2.58. The second kappa shape index (κ2) is 7.98. The highest BCUT2D eigenvalue weighted by Crippen LogP contribution is 2.33. The molecule has 0 saturated carbocycles. The van der Waals surface area contributed by atoms with E-state index < -0.39 is 10.0 Å². The van der Waals surface area contributed by atoms with E-state index >= 15 is 0 Å². The number of ether oxygens (including phenoxy) is 1. The first kappa shape index (κ1) is 19.2. The maximum Gasteiger partial charge on any atom is 0.264 e. The van der Waals surface area contributed by atoms with Crippen molar-refractivity contribution in [3.8, 4) is 5.75 Å². The van der Waals surface area contributed by atoms with Gasteiger partial charge in [0, 0.05) is 19.6 Å². The van der Waals surface area contributed by atoms with Crippen LogP contribution in [0.1, 0.15) is 15.9 Å². The summed E-state index contributed by atoms with van der Waals surface area (Å²) in [4.78, 5) is 12.5. The van der Waals surface area contributed by atoms with E-state index in [9.17, 15) is 13.2 Å². The van der Waals surface area contributed by atoms with E-state index in [1.165, 1.54) is 29.6 Å². The number of fused-ring (bicyclic) bond motifs is 1. The normalized spacial score (nSPS) is 13.3. The summed E-state index contributed by atoms with van der Waals surface area (Å²) in [6, 6.07) is 11.8. The summed E-state index contributed by atoms with van der Waals surface area (Å²) in [5.41, 5.74) is 1.88. The minimum atomic E-state index is -3.77. The third-order valence-electron chi connectivity index (χ3n) is 4.51. The molecule has 7 nitrogen and oxygen atoms in total. The average Bonchev–Trinajstić information content (AvgIpc) is 3.12. The number of methoxy groups -OCH3 is 1. The fraction of sp³-hybridized carbons (Fsp3) is 0.316. The summed E-state index contributed by atoms with van der Waals surface area (Å²) in [6.45, 7) is 1.42. The van der Waals surface area contributed by atoms with Crippen molar-refractivity contribution in [1.29, 1.82) is 0 Å². The van der Waals surface area contributed by atoms with Gasteiger partial charge in [0.05, 0.1) is 23.3 Å². The molecule has 3 rings (SSSR count). The molecule has 0 saturated heterocycles. The van der Waals surface area contributed by atoms with Gasteiger partial charge in [-0.2, -0.15) is 0 Å². The lowest BCUT2D eigenvalue weighted by Crippen LogP contribution is -2.31. The molecule has 0 spiro atoms. The van der Waals surface area contributed by atoms with E-state index in [0.29, 0.717) is 37.5 Å². The molecule has 144 valence electrons. The van der Waals surface area contributed by atoms with Gasteiger partial charge in [0.25, 0.3) is 15.9 Å². The van der Waals surface area contributed by atoms with Crippen LogP contribution in [0.2, 0.25) is 0 Å². The standard InChI is InChI=1S/C19H23N3O4S/c1-20-10-11-21-19(23)16-13-15(7-8-18(16)26-2)27(24,25)22-12-9-14-5-3-4-6-17(14)22/h3-8,13,20H,9-12H2,1-2H3,(H,21,23). The van der Waals surface area contributed by atoms with Gasteiger partial charge in [-0.3, -0.25) is 9.10 Å². The molecule has 27 heavy (non-hydrogen) atoms. The van der Waals surface area contributed by atoms with Gasteiger partial charge in [-0.15, -0.1) is 0 Å². The zero-order valence-corrected chi connectivity index (χ0v) is 16.2. The van der Waals surface area contributed by atoms with Crippen LogP contribution in [0.4, 0.5) is 5.69 Å². The number of amides is 1. The van der Waals surface area contributed by atoms with Crippen LogP contribution in [-0.2, 0) is 16.4 Å². The molecule has 1 aliphatic rings. The number of hydrogen-bond donors (Lipinski definition) is 2. The summed E-state index contributed by atoms with van der Waals surface area (Å²) in [5.74, 6) is -0.0429. The molecule has 1 amide bonds. The lowest BCUT2D eigenvalue weighted by atomic mass is 10.2. The van der Waals surface area contributed by atoms with Crippen molar-refractivity contribution in [1.82, 2.24) is 10.6 Å². The first-order chi connectivity index (χ1) is 13.0.